The maximum absolute atomic E-state index is 6.57. The number of hydrogen-bond donors (Lipinski definition) is 0. The molecule has 5 saturated carbocycles. The first kappa shape index (κ1) is 12.8. The topological polar surface area (TPSA) is 55.4 Å². The first-order valence-electron chi connectivity index (χ1n) is 9.91. The second kappa shape index (κ2) is 3.25. The molecule has 4 aliphatic heterocycles. The molecule has 0 aromatic heterocycles. The van der Waals surface area contributed by atoms with Crippen molar-refractivity contribution in [2.24, 2.45) is 46.3 Å². The molecule has 4 bridgehead atoms. The van der Waals surface area contributed by atoms with Gasteiger partial charge in [0.15, 0.2) is 11.6 Å². The Kier molecular flexibility index (Phi) is 1.67. The fourth-order valence-electron chi connectivity index (χ4n) is 10.5. The van der Waals surface area contributed by atoms with Crippen molar-refractivity contribution >= 4 is 0 Å². The van der Waals surface area contributed by atoms with Crippen molar-refractivity contribution in [2.45, 2.75) is 30.2 Å². The van der Waals surface area contributed by atoms with Crippen LogP contribution in [0.3, 0.4) is 0 Å². The first-order valence-corrected chi connectivity index (χ1v) is 9.91. The van der Waals surface area contributed by atoms with Gasteiger partial charge < -0.3 is 18.9 Å². The van der Waals surface area contributed by atoms with E-state index in [1.807, 2.05) is 0 Å². The van der Waals surface area contributed by atoms with E-state index in [1.165, 1.54) is 6.42 Å². The van der Waals surface area contributed by atoms with Crippen LogP contribution in [0.1, 0.15) is 6.42 Å². The van der Waals surface area contributed by atoms with E-state index < -0.39 is 11.6 Å². The SMILES string of the molecule is C1=C[C@H]2OO[C@@H]1[C@@]13[C@H]4[C@@H]5C[C@H]6[C@@H]([C@@H]5C15OCCO5)C1(OCCO1)[C@@]23[C@H]64. The standard InChI is InChI=1S/C19H20O6/c1-2-11-17-13-9-7-8-12(13)16(17,10(1)24-25-11)18(20-3-4-21-18)14(8)15(9)19(17)22-5-6-23-19/h1-2,8-15H,3-7H2/t8-,9+,10-,11+,12-,13+,14+,15-,16-,17+. The molecule has 10 rings (SSSR count). The average Bonchev–Trinajstić information content (AvgIpc) is 3.38. The molecular formula is C19H20O6. The predicted octanol–water partition coefficient (Wildman–Crippen LogP) is 0.869. The quantitative estimate of drug-likeness (QED) is 0.480. The Morgan fingerprint density at radius 1 is 0.600 bits per heavy atom. The summed E-state index contributed by atoms with van der Waals surface area (Å²) in [5.41, 5.74) is -0.416. The molecule has 10 aliphatic rings. The largest absolute Gasteiger partial charge is 0.346 e. The molecule has 3 saturated heterocycles. The Balaban J connectivity index is 1.46. The van der Waals surface area contributed by atoms with Crippen LogP contribution in [0.4, 0.5) is 0 Å². The second-order valence-electron chi connectivity index (χ2n) is 9.55. The van der Waals surface area contributed by atoms with Crippen molar-refractivity contribution in [1.82, 2.24) is 0 Å². The summed E-state index contributed by atoms with van der Waals surface area (Å²) < 4.78 is 26.3. The summed E-state index contributed by atoms with van der Waals surface area (Å²) in [6, 6.07) is 0. The van der Waals surface area contributed by atoms with Gasteiger partial charge in [-0.3, -0.25) is 0 Å². The van der Waals surface area contributed by atoms with E-state index in [4.69, 9.17) is 28.7 Å². The van der Waals surface area contributed by atoms with E-state index in [9.17, 15) is 0 Å². The van der Waals surface area contributed by atoms with Crippen molar-refractivity contribution in [3.63, 3.8) is 0 Å². The lowest BCUT2D eigenvalue weighted by molar-refractivity contribution is -0.544. The summed E-state index contributed by atoms with van der Waals surface area (Å²) in [5.74, 6) is 2.25. The van der Waals surface area contributed by atoms with Gasteiger partial charge in [0, 0.05) is 11.8 Å². The first-order chi connectivity index (χ1) is 12.3. The molecule has 6 heteroatoms. The third-order valence-corrected chi connectivity index (χ3v) is 9.98. The highest BCUT2D eigenvalue weighted by Gasteiger charge is 3.08. The van der Waals surface area contributed by atoms with Crippen molar-refractivity contribution in [3.05, 3.63) is 12.2 Å². The van der Waals surface area contributed by atoms with Crippen LogP contribution in [0.5, 0.6) is 0 Å². The zero-order valence-electron chi connectivity index (χ0n) is 13.8. The monoisotopic (exact) mass is 344 g/mol. The fraction of sp³-hybridized carbons (Fsp3) is 0.895. The molecule has 4 spiro atoms. The number of ether oxygens (including phenoxy) is 4. The Morgan fingerprint density at radius 3 is 1.44 bits per heavy atom. The third-order valence-electron chi connectivity index (χ3n) is 9.98. The zero-order chi connectivity index (χ0) is 15.8. The number of rotatable bonds is 0. The molecule has 6 nitrogen and oxygen atoms in total. The zero-order valence-corrected chi connectivity index (χ0v) is 13.8. The fourth-order valence-corrected chi connectivity index (χ4v) is 10.5. The van der Waals surface area contributed by atoms with Gasteiger partial charge >= 0.3 is 0 Å². The average molecular weight is 344 g/mol. The summed E-state index contributed by atoms with van der Waals surface area (Å²) in [6.07, 6.45) is 5.45. The molecule has 6 aliphatic carbocycles. The minimum absolute atomic E-state index is 0.119. The van der Waals surface area contributed by atoms with Gasteiger partial charge in [-0.25, -0.2) is 9.78 Å². The highest BCUT2D eigenvalue weighted by atomic mass is 17.2. The van der Waals surface area contributed by atoms with Gasteiger partial charge in [-0.05, 0) is 30.1 Å². The minimum Gasteiger partial charge on any atom is -0.346 e. The third kappa shape index (κ3) is 0.774. The van der Waals surface area contributed by atoms with Gasteiger partial charge in [-0.1, -0.05) is 12.2 Å². The van der Waals surface area contributed by atoms with E-state index in [0.717, 1.165) is 0 Å². The summed E-state index contributed by atoms with van der Waals surface area (Å²) in [7, 11) is 0. The highest BCUT2D eigenvalue weighted by molar-refractivity contribution is 5.52. The molecule has 0 aromatic rings. The van der Waals surface area contributed by atoms with Gasteiger partial charge in [0.05, 0.1) is 37.3 Å². The lowest BCUT2D eigenvalue weighted by Gasteiger charge is -2.77. The molecule has 10 atom stereocenters. The van der Waals surface area contributed by atoms with Crippen molar-refractivity contribution in [3.8, 4) is 0 Å². The molecule has 0 aromatic carbocycles. The molecule has 0 unspecified atom stereocenters. The highest BCUT2D eigenvalue weighted by Crippen LogP contribution is 3.00. The van der Waals surface area contributed by atoms with Gasteiger partial charge in [-0.2, -0.15) is 0 Å². The summed E-state index contributed by atoms with van der Waals surface area (Å²) in [6.45, 7) is 2.75. The summed E-state index contributed by atoms with van der Waals surface area (Å²) in [5, 5.41) is 0. The van der Waals surface area contributed by atoms with Gasteiger partial charge in [0.1, 0.15) is 12.2 Å². The lowest BCUT2D eigenvalue weighted by Crippen LogP contribution is -2.88. The van der Waals surface area contributed by atoms with Crippen LogP contribution in [0.15, 0.2) is 12.2 Å². The van der Waals surface area contributed by atoms with Crippen molar-refractivity contribution in [1.29, 1.82) is 0 Å². The van der Waals surface area contributed by atoms with Crippen LogP contribution >= 0.6 is 0 Å². The van der Waals surface area contributed by atoms with Crippen molar-refractivity contribution < 1.29 is 28.7 Å². The van der Waals surface area contributed by atoms with E-state index in [-0.39, 0.29) is 23.0 Å². The number of hydrogen-bond acceptors (Lipinski definition) is 6. The molecule has 4 heterocycles. The normalized spacial score (nSPS) is 69.4. The van der Waals surface area contributed by atoms with Crippen LogP contribution in [0.25, 0.3) is 0 Å². The van der Waals surface area contributed by atoms with Gasteiger partial charge in [0.25, 0.3) is 0 Å². The van der Waals surface area contributed by atoms with E-state index in [1.54, 1.807) is 0 Å². The van der Waals surface area contributed by atoms with Crippen LogP contribution < -0.4 is 0 Å². The lowest BCUT2D eigenvalue weighted by atomic mass is 9.32. The molecule has 0 radical (unpaired) electrons. The molecule has 132 valence electrons. The van der Waals surface area contributed by atoms with Crippen LogP contribution in [-0.2, 0) is 28.7 Å². The van der Waals surface area contributed by atoms with E-state index in [2.05, 4.69) is 12.2 Å². The van der Waals surface area contributed by atoms with E-state index >= 15 is 0 Å². The minimum atomic E-state index is -0.521. The molecular weight excluding hydrogens is 324 g/mol. The smallest absolute Gasteiger partial charge is 0.181 e. The Bertz CT molecular complexity index is 706. The van der Waals surface area contributed by atoms with Gasteiger partial charge in [-0.15, -0.1) is 0 Å². The molecule has 8 fully saturated rings. The maximum atomic E-state index is 6.57. The molecule has 25 heavy (non-hydrogen) atoms. The van der Waals surface area contributed by atoms with Crippen LogP contribution in [0, 0.1) is 46.3 Å². The molecule has 0 N–H and O–H groups in total. The second-order valence-corrected chi connectivity index (χ2v) is 9.55. The van der Waals surface area contributed by atoms with Crippen LogP contribution in [0.2, 0.25) is 0 Å². The van der Waals surface area contributed by atoms with Crippen LogP contribution in [-0.4, -0.2) is 50.2 Å². The maximum Gasteiger partial charge on any atom is 0.181 e. The summed E-state index contributed by atoms with van der Waals surface area (Å²) in [4.78, 5) is 11.9. The summed E-state index contributed by atoms with van der Waals surface area (Å²) >= 11 is 0. The Morgan fingerprint density at radius 2 is 1.04 bits per heavy atom. The van der Waals surface area contributed by atoms with Gasteiger partial charge in [0.2, 0.25) is 0 Å². The molecule has 0 amide bonds. The Labute approximate surface area is 144 Å². The Hall–Kier alpha value is -0.500. The predicted molar refractivity (Wildman–Crippen MR) is 78.6 cm³/mol. The number of fused-ring (bicyclic) bond motifs is 4. The van der Waals surface area contributed by atoms with Crippen molar-refractivity contribution in [2.75, 3.05) is 26.4 Å². The van der Waals surface area contributed by atoms with E-state index in [0.29, 0.717) is 61.9 Å².